The van der Waals surface area contributed by atoms with E-state index in [0.29, 0.717) is 12.1 Å². The van der Waals surface area contributed by atoms with E-state index >= 15 is 0 Å². The third-order valence-electron chi connectivity index (χ3n) is 1.92. The molecule has 15 heavy (non-hydrogen) atoms. The lowest BCUT2D eigenvalue weighted by atomic mass is 10.2. The van der Waals surface area contributed by atoms with Crippen LogP contribution in [0, 0.1) is 19.3 Å². The van der Waals surface area contributed by atoms with Crippen molar-refractivity contribution in [1.29, 1.82) is 5.41 Å². The summed E-state index contributed by atoms with van der Waals surface area (Å²) in [6.45, 7) is 5.80. The number of hydrogen-bond donors (Lipinski definition) is 2. The Morgan fingerprint density at radius 2 is 2.07 bits per heavy atom. The molecule has 0 saturated carbocycles. The standard InChI is InChI=1S/C12H17N3/c1-9-4-5-11(3)15-12(6-10(2)13)8-14-7-9/h4-5,7-8,13,15H,6H2,1-3H3. The van der Waals surface area contributed by atoms with E-state index in [9.17, 15) is 0 Å². The van der Waals surface area contributed by atoms with Gasteiger partial charge in [0.25, 0.3) is 0 Å². The summed E-state index contributed by atoms with van der Waals surface area (Å²) >= 11 is 0. The predicted octanol–water partition coefficient (Wildman–Crippen LogP) is 2.73. The van der Waals surface area contributed by atoms with Crippen LogP contribution in [-0.4, -0.2) is 15.7 Å². The molecule has 0 aliphatic heterocycles. The minimum Gasteiger partial charge on any atom is -0.361 e. The van der Waals surface area contributed by atoms with Crippen LogP contribution in [-0.2, 0) is 6.42 Å². The summed E-state index contributed by atoms with van der Waals surface area (Å²) in [7, 11) is 0. The van der Waals surface area contributed by atoms with E-state index in [0.717, 1.165) is 17.0 Å². The van der Waals surface area contributed by atoms with Gasteiger partial charge < -0.3 is 10.4 Å². The smallest absolute Gasteiger partial charge is 0.0464 e. The molecule has 80 valence electrons. The van der Waals surface area contributed by atoms with Crippen LogP contribution >= 0.6 is 0 Å². The van der Waals surface area contributed by atoms with Crippen LogP contribution in [0.3, 0.4) is 0 Å². The van der Waals surface area contributed by atoms with Crippen LogP contribution in [0.25, 0.3) is 0 Å². The van der Waals surface area contributed by atoms with Gasteiger partial charge in [-0.2, -0.15) is 0 Å². The molecule has 1 aromatic heterocycles. The Kier molecular flexibility index (Phi) is 4.03. The highest BCUT2D eigenvalue weighted by atomic mass is 14.7. The lowest BCUT2D eigenvalue weighted by molar-refractivity contribution is 1.07. The molecule has 1 rings (SSSR count). The van der Waals surface area contributed by atoms with Crippen molar-refractivity contribution in [2.75, 3.05) is 0 Å². The average molecular weight is 203 g/mol. The minimum atomic E-state index is 0.613. The molecule has 0 spiro atoms. The van der Waals surface area contributed by atoms with Crippen molar-refractivity contribution in [1.82, 2.24) is 9.97 Å². The predicted molar refractivity (Wildman–Crippen MR) is 62.8 cm³/mol. The number of nitrogens with zero attached hydrogens (tertiary/aromatic N) is 1. The average Bonchev–Trinajstić information content (AvgIpc) is 2.18. The Bertz CT molecular complexity index is 403. The Morgan fingerprint density at radius 3 is 2.73 bits per heavy atom. The van der Waals surface area contributed by atoms with E-state index in [4.69, 9.17) is 5.41 Å². The van der Waals surface area contributed by atoms with E-state index in [1.54, 1.807) is 13.1 Å². The van der Waals surface area contributed by atoms with E-state index in [1.165, 1.54) is 0 Å². The van der Waals surface area contributed by atoms with Crippen molar-refractivity contribution >= 4 is 5.71 Å². The molecule has 3 heteroatoms. The molecule has 0 aliphatic carbocycles. The van der Waals surface area contributed by atoms with Gasteiger partial charge in [-0.15, -0.1) is 0 Å². The Labute approximate surface area is 90.4 Å². The summed E-state index contributed by atoms with van der Waals surface area (Å²) in [4.78, 5) is 7.43. The number of H-pyrrole nitrogens is 1. The number of hydrogen-bond acceptors (Lipinski definition) is 2. The van der Waals surface area contributed by atoms with Gasteiger partial charge in [-0.25, -0.2) is 0 Å². The lowest BCUT2D eigenvalue weighted by Gasteiger charge is -1.97. The van der Waals surface area contributed by atoms with Gasteiger partial charge in [0.05, 0.1) is 0 Å². The first kappa shape index (κ1) is 11.4. The first-order valence-corrected chi connectivity index (χ1v) is 4.96. The maximum absolute atomic E-state index is 7.45. The number of nitrogens with one attached hydrogen (secondary N) is 2. The quantitative estimate of drug-likeness (QED) is 0.713. The molecule has 0 aliphatic rings. The monoisotopic (exact) mass is 203 g/mol. The van der Waals surface area contributed by atoms with Crippen molar-refractivity contribution in [3.8, 4) is 0 Å². The maximum atomic E-state index is 7.45. The topological polar surface area (TPSA) is 52.5 Å². The lowest BCUT2D eigenvalue weighted by Crippen LogP contribution is -1.97. The number of rotatable bonds is 2. The highest BCUT2D eigenvalue weighted by Crippen LogP contribution is 1.97. The molecular weight excluding hydrogens is 186 g/mol. The van der Waals surface area contributed by atoms with Gasteiger partial charge in [0.1, 0.15) is 0 Å². The number of aryl methyl sites for hydroxylation is 2. The Balaban J connectivity index is 3.20. The molecule has 1 aromatic rings. The van der Waals surface area contributed by atoms with Gasteiger partial charge in [-0.3, -0.25) is 4.98 Å². The van der Waals surface area contributed by atoms with Gasteiger partial charge in [-0.1, -0.05) is 6.07 Å². The second-order valence-corrected chi connectivity index (χ2v) is 3.77. The van der Waals surface area contributed by atoms with Crippen LogP contribution in [0.2, 0.25) is 0 Å². The molecule has 0 aromatic carbocycles. The normalized spacial score (nSPS) is 9.53. The van der Waals surface area contributed by atoms with Gasteiger partial charge >= 0.3 is 0 Å². The zero-order chi connectivity index (χ0) is 11.3. The molecule has 1 heterocycles. The molecule has 3 nitrogen and oxygen atoms in total. The maximum Gasteiger partial charge on any atom is 0.0464 e. The SMILES string of the molecule is CC(=N)Cc1cncc(C)ccc(C)[nH]1. The minimum absolute atomic E-state index is 0.613. The zero-order valence-electron chi connectivity index (χ0n) is 9.46. The van der Waals surface area contributed by atoms with Crippen molar-refractivity contribution < 1.29 is 0 Å². The second-order valence-electron chi connectivity index (χ2n) is 3.77. The van der Waals surface area contributed by atoms with Crippen molar-refractivity contribution in [3.05, 3.63) is 41.5 Å². The molecule has 0 amide bonds. The summed E-state index contributed by atoms with van der Waals surface area (Å²) in [5.74, 6) is 0. The summed E-state index contributed by atoms with van der Waals surface area (Å²) in [5.41, 5.74) is 3.75. The zero-order valence-corrected chi connectivity index (χ0v) is 9.46. The van der Waals surface area contributed by atoms with Crippen LogP contribution in [0.1, 0.15) is 23.9 Å². The van der Waals surface area contributed by atoms with Crippen LogP contribution in [0.4, 0.5) is 0 Å². The second kappa shape index (κ2) is 5.29. The molecule has 0 radical (unpaired) electrons. The first-order chi connectivity index (χ1) is 7.08. The van der Waals surface area contributed by atoms with Crippen molar-refractivity contribution in [2.45, 2.75) is 27.2 Å². The van der Waals surface area contributed by atoms with E-state index in [2.05, 4.69) is 9.97 Å². The fourth-order valence-corrected chi connectivity index (χ4v) is 1.25. The van der Waals surface area contributed by atoms with Gasteiger partial charge in [0, 0.05) is 35.9 Å². The largest absolute Gasteiger partial charge is 0.361 e. The molecule has 0 bridgehead atoms. The van der Waals surface area contributed by atoms with Crippen LogP contribution < -0.4 is 0 Å². The van der Waals surface area contributed by atoms with E-state index < -0.39 is 0 Å². The molecule has 0 atom stereocenters. The van der Waals surface area contributed by atoms with Gasteiger partial charge in [-0.05, 0) is 32.4 Å². The highest BCUT2D eigenvalue weighted by molar-refractivity contribution is 5.80. The van der Waals surface area contributed by atoms with Crippen LogP contribution in [0.5, 0.6) is 0 Å². The Hall–Kier alpha value is -1.64. The molecule has 2 N–H and O–H groups in total. The fraction of sp³-hybridized carbons (Fsp3) is 0.333. The van der Waals surface area contributed by atoms with Gasteiger partial charge in [0.15, 0.2) is 0 Å². The van der Waals surface area contributed by atoms with Gasteiger partial charge in [0.2, 0.25) is 0 Å². The number of aromatic nitrogens is 2. The van der Waals surface area contributed by atoms with Crippen molar-refractivity contribution in [2.24, 2.45) is 0 Å². The summed E-state index contributed by atoms with van der Waals surface area (Å²) in [6, 6.07) is 4.03. The van der Waals surface area contributed by atoms with E-state index in [1.807, 2.05) is 32.2 Å². The highest BCUT2D eigenvalue weighted by Gasteiger charge is 1.92. The summed E-state index contributed by atoms with van der Waals surface area (Å²) < 4.78 is 0. The van der Waals surface area contributed by atoms with Crippen LogP contribution in [0.15, 0.2) is 24.5 Å². The third kappa shape index (κ3) is 4.40. The fourth-order valence-electron chi connectivity index (χ4n) is 1.25. The molecule has 0 saturated heterocycles. The third-order valence-corrected chi connectivity index (χ3v) is 1.92. The Morgan fingerprint density at radius 1 is 1.33 bits per heavy atom. The molecule has 0 fully saturated rings. The summed E-state index contributed by atoms with van der Waals surface area (Å²) in [6.07, 6.45) is 4.20. The van der Waals surface area contributed by atoms with E-state index in [-0.39, 0.29) is 0 Å². The summed E-state index contributed by atoms with van der Waals surface area (Å²) in [5, 5.41) is 7.45. The first-order valence-electron chi connectivity index (χ1n) is 4.96. The van der Waals surface area contributed by atoms with Crippen molar-refractivity contribution in [3.63, 3.8) is 0 Å². The molecular formula is C12H17N3. The molecule has 0 unspecified atom stereocenters. The number of aromatic amines is 1.